The number of aliphatic carboxylic acids is 1. The Morgan fingerprint density at radius 3 is 1.40 bits per heavy atom. The van der Waals surface area contributed by atoms with E-state index in [0.29, 0.717) is 6.42 Å². The van der Waals surface area contributed by atoms with E-state index in [2.05, 4.69) is 31.2 Å². The van der Waals surface area contributed by atoms with Crippen molar-refractivity contribution in [1.82, 2.24) is 0 Å². The summed E-state index contributed by atoms with van der Waals surface area (Å²) in [6, 6.07) is 0. The number of allylic oxidation sites excluding steroid dienone is 4. The van der Waals surface area contributed by atoms with E-state index in [4.69, 9.17) is 5.11 Å². The largest absolute Gasteiger partial charge is 0.481 e. The third-order valence-corrected chi connectivity index (χ3v) is 4.56. The van der Waals surface area contributed by atoms with Gasteiger partial charge in [-0.05, 0) is 57.8 Å². The monoisotopic (exact) mass is 350 g/mol. The molecule has 2 nitrogen and oxygen atoms in total. The zero-order valence-corrected chi connectivity index (χ0v) is 16.7. The van der Waals surface area contributed by atoms with Gasteiger partial charge in [0.2, 0.25) is 0 Å². The fourth-order valence-corrected chi connectivity index (χ4v) is 2.93. The van der Waals surface area contributed by atoms with Gasteiger partial charge in [0.1, 0.15) is 0 Å². The number of hydrogen-bond donors (Lipinski definition) is 1. The number of unbranched alkanes of at least 4 members (excludes halogenated alkanes) is 13. The molecule has 0 aliphatic rings. The number of carbonyl (C=O) groups is 1. The van der Waals surface area contributed by atoms with Gasteiger partial charge in [0.05, 0.1) is 0 Å². The van der Waals surface area contributed by atoms with E-state index in [1.807, 2.05) is 0 Å². The van der Waals surface area contributed by atoms with Crippen molar-refractivity contribution in [3.8, 4) is 0 Å². The average Bonchev–Trinajstić information content (AvgIpc) is 2.60. The van der Waals surface area contributed by atoms with E-state index < -0.39 is 5.97 Å². The number of hydrogen-bond acceptors (Lipinski definition) is 1. The summed E-state index contributed by atoms with van der Waals surface area (Å²) < 4.78 is 0. The first-order valence-electron chi connectivity index (χ1n) is 10.8. The highest BCUT2D eigenvalue weighted by atomic mass is 16.4. The lowest BCUT2D eigenvalue weighted by molar-refractivity contribution is -0.137. The average molecular weight is 351 g/mol. The Labute approximate surface area is 156 Å². The molecule has 2 heteroatoms. The second-order valence-corrected chi connectivity index (χ2v) is 7.13. The van der Waals surface area contributed by atoms with Crippen LogP contribution in [0, 0.1) is 0 Å². The lowest BCUT2D eigenvalue weighted by Gasteiger charge is -1.98. The molecule has 25 heavy (non-hydrogen) atoms. The Balaban J connectivity index is 3.16. The molecule has 1 N–H and O–H groups in total. The van der Waals surface area contributed by atoms with Crippen molar-refractivity contribution >= 4 is 5.97 Å². The molecule has 146 valence electrons. The maximum absolute atomic E-state index is 10.4. The highest BCUT2D eigenvalue weighted by molar-refractivity contribution is 5.66. The molecule has 0 fully saturated rings. The summed E-state index contributed by atoms with van der Waals surface area (Å²) in [5.41, 5.74) is 0. The minimum atomic E-state index is -0.666. The number of carboxylic acids is 1. The summed E-state index contributed by atoms with van der Waals surface area (Å²) in [6.07, 6.45) is 29.6. The second kappa shape index (κ2) is 21.0. The van der Waals surface area contributed by atoms with Crippen molar-refractivity contribution in [1.29, 1.82) is 0 Å². The van der Waals surface area contributed by atoms with Gasteiger partial charge < -0.3 is 5.11 Å². The summed E-state index contributed by atoms with van der Waals surface area (Å²) in [5, 5.41) is 8.55. The van der Waals surface area contributed by atoms with E-state index in [9.17, 15) is 4.79 Å². The van der Waals surface area contributed by atoms with Crippen LogP contribution in [0.5, 0.6) is 0 Å². The van der Waals surface area contributed by atoms with Crippen molar-refractivity contribution in [2.45, 2.75) is 116 Å². The normalized spacial score (nSPS) is 11.7. The molecule has 0 unspecified atom stereocenters. The van der Waals surface area contributed by atoms with Gasteiger partial charge in [-0.15, -0.1) is 0 Å². The molecule has 0 saturated heterocycles. The fourth-order valence-electron chi connectivity index (χ4n) is 2.93. The van der Waals surface area contributed by atoms with Crippen LogP contribution in [-0.4, -0.2) is 11.1 Å². The summed E-state index contributed by atoms with van der Waals surface area (Å²) in [4.78, 5) is 10.4. The minimum absolute atomic E-state index is 0.327. The van der Waals surface area contributed by atoms with Gasteiger partial charge in [-0.1, -0.05) is 76.2 Å². The fraction of sp³-hybridized carbons (Fsp3) is 0.783. The molecule has 0 aliphatic heterocycles. The third-order valence-electron chi connectivity index (χ3n) is 4.56. The van der Waals surface area contributed by atoms with Crippen molar-refractivity contribution in [2.75, 3.05) is 0 Å². The van der Waals surface area contributed by atoms with Crippen molar-refractivity contribution < 1.29 is 9.90 Å². The van der Waals surface area contributed by atoms with Crippen LogP contribution in [0.4, 0.5) is 0 Å². The Morgan fingerprint density at radius 2 is 0.960 bits per heavy atom. The topological polar surface area (TPSA) is 37.3 Å². The van der Waals surface area contributed by atoms with E-state index in [0.717, 1.165) is 12.8 Å². The van der Waals surface area contributed by atoms with Gasteiger partial charge >= 0.3 is 5.97 Å². The molecule has 0 amide bonds. The van der Waals surface area contributed by atoms with Crippen molar-refractivity contribution in [3.63, 3.8) is 0 Å². The molecule has 0 heterocycles. The minimum Gasteiger partial charge on any atom is -0.481 e. The van der Waals surface area contributed by atoms with Crippen LogP contribution in [0.15, 0.2) is 24.3 Å². The zero-order valence-electron chi connectivity index (χ0n) is 16.7. The summed E-state index contributed by atoms with van der Waals surface area (Å²) in [6.45, 7) is 2.27. The summed E-state index contributed by atoms with van der Waals surface area (Å²) >= 11 is 0. The molecule has 0 aromatic heterocycles. The molecule has 0 aromatic rings. The first kappa shape index (κ1) is 23.9. The molecule has 0 spiro atoms. The third kappa shape index (κ3) is 22.9. The standard InChI is InChI=1S/C23H42O2/c1-2-3-4-5-6-7-8-9-10-11-12-13-14-15-16-17-18-19-20-21-22-23(24)25/h8-9,14-15H,2-7,10-13,16-22H2,1H3,(H,24,25)/b9-8+,15-14+. The molecular weight excluding hydrogens is 308 g/mol. The lowest BCUT2D eigenvalue weighted by Crippen LogP contribution is -1.93. The van der Waals surface area contributed by atoms with Crippen molar-refractivity contribution in [3.05, 3.63) is 24.3 Å². The first-order chi connectivity index (χ1) is 12.3. The molecule has 0 radical (unpaired) electrons. The first-order valence-corrected chi connectivity index (χ1v) is 10.8. The van der Waals surface area contributed by atoms with Crippen LogP contribution in [0.1, 0.15) is 116 Å². The van der Waals surface area contributed by atoms with Gasteiger partial charge in [-0.2, -0.15) is 0 Å². The lowest BCUT2D eigenvalue weighted by atomic mass is 10.1. The summed E-state index contributed by atoms with van der Waals surface area (Å²) in [7, 11) is 0. The molecule has 0 rings (SSSR count). The van der Waals surface area contributed by atoms with Gasteiger partial charge in [0, 0.05) is 6.42 Å². The van der Waals surface area contributed by atoms with Gasteiger partial charge in [-0.3, -0.25) is 4.79 Å². The molecule has 0 aromatic carbocycles. The Hall–Kier alpha value is -1.05. The summed E-state index contributed by atoms with van der Waals surface area (Å²) in [5.74, 6) is -0.666. The van der Waals surface area contributed by atoms with Crippen LogP contribution >= 0.6 is 0 Å². The van der Waals surface area contributed by atoms with Crippen LogP contribution in [0.3, 0.4) is 0 Å². The van der Waals surface area contributed by atoms with Gasteiger partial charge in [0.25, 0.3) is 0 Å². The highest BCUT2D eigenvalue weighted by Gasteiger charge is 1.95. The molecule has 0 aliphatic carbocycles. The van der Waals surface area contributed by atoms with E-state index in [-0.39, 0.29) is 0 Å². The van der Waals surface area contributed by atoms with Crippen LogP contribution < -0.4 is 0 Å². The molecule has 0 saturated carbocycles. The maximum Gasteiger partial charge on any atom is 0.303 e. The van der Waals surface area contributed by atoms with E-state index >= 15 is 0 Å². The highest BCUT2D eigenvalue weighted by Crippen LogP contribution is 2.09. The number of rotatable bonds is 19. The predicted molar refractivity (Wildman–Crippen MR) is 110 cm³/mol. The van der Waals surface area contributed by atoms with Crippen molar-refractivity contribution in [2.24, 2.45) is 0 Å². The number of carboxylic acid groups (broad SMARTS) is 1. The maximum atomic E-state index is 10.4. The smallest absolute Gasteiger partial charge is 0.303 e. The zero-order chi connectivity index (χ0) is 18.4. The Bertz CT molecular complexity index is 331. The van der Waals surface area contributed by atoms with Crippen LogP contribution in [-0.2, 0) is 4.79 Å². The Morgan fingerprint density at radius 1 is 0.600 bits per heavy atom. The second-order valence-electron chi connectivity index (χ2n) is 7.13. The quantitative estimate of drug-likeness (QED) is 0.190. The van der Waals surface area contributed by atoms with E-state index in [1.165, 1.54) is 89.9 Å². The van der Waals surface area contributed by atoms with Gasteiger partial charge in [-0.25, -0.2) is 0 Å². The molecule has 0 bridgehead atoms. The van der Waals surface area contributed by atoms with E-state index in [1.54, 1.807) is 0 Å². The molecule has 0 atom stereocenters. The predicted octanol–water partition coefficient (Wildman–Crippen LogP) is 7.84. The SMILES string of the molecule is CCCCCCC/C=C/CCCC/C=C/CCCCCCCC(=O)O. The van der Waals surface area contributed by atoms with Gasteiger partial charge in [0.15, 0.2) is 0 Å². The molecular formula is C23H42O2. The van der Waals surface area contributed by atoms with Crippen LogP contribution in [0.2, 0.25) is 0 Å². The Kier molecular flexibility index (Phi) is 20.1. The van der Waals surface area contributed by atoms with Crippen LogP contribution in [0.25, 0.3) is 0 Å².